The molecule has 1 unspecified atom stereocenters. The van der Waals surface area contributed by atoms with Crippen molar-refractivity contribution in [1.82, 2.24) is 4.98 Å². The number of anilines is 1. The third kappa shape index (κ3) is 4.47. The maximum Gasteiger partial charge on any atom is 0.301 e. The molecule has 0 bridgehead atoms. The van der Waals surface area contributed by atoms with E-state index in [-0.39, 0.29) is 11.3 Å². The van der Waals surface area contributed by atoms with Gasteiger partial charge < -0.3 is 9.84 Å². The number of aliphatic hydroxyl groups excluding tert-OH is 1. The average molecular weight is 527 g/mol. The van der Waals surface area contributed by atoms with Gasteiger partial charge in [-0.05, 0) is 80.6 Å². The number of hydrogen-bond acceptors (Lipinski definition) is 6. The van der Waals surface area contributed by atoms with Crippen LogP contribution in [0.25, 0.3) is 16.0 Å². The van der Waals surface area contributed by atoms with Crippen LogP contribution in [0.2, 0.25) is 0 Å². The number of fused-ring (bicyclic) bond motifs is 1. The van der Waals surface area contributed by atoms with E-state index in [2.05, 4.69) is 0 Å². The first-order valence-electron chi connectivity index (χ1n) is 12.7. The van der Waals surface area contributed by atoms with Crippen LogP contribution in [0.1, 0.15) is 52.8 Å². The van der Waals surface area contributed by atoms with Crippen molar-refractivity contribution in [2.45, 2.75) is 47.1 Å². The number of ether oxygens (including phenoxy) is 1. The van der Waals surface area contributed by atoms with Gasteiger partial charge in [0.15, 0.2) is 5.13 Å². The normalized spacial score (nSPS) is 17.0. The lowest BCUT2D eigenvalue weighted by Crippen LogP contribution is -2.29. The molecule has 194 valence electrons. The van der Waals surface area contributed by atoms with Gasteiger partial charge in [0.25, 0.3) is 5.78 Å². The molecule has 1 aliphatic rings. The van der Waals surface area contributed by atoms with Crippen LogP contribution in [0.15, 0.2) is 60.2 Å². The van der Waals surface area contributed by atoms with E-state index in [9.17, 15) is 14.7 Å². The molecule has 3 aromatic carbocycles. The minimum absolute atomic E-state index is 0.0538. The van der Waals surface area contributed by atoms with Crippen LogP contribution in [0.4, 0.5) is 5.13 Å². The van der Waals surface area contributed by atoms with E-state index in [1.165, 1.54) is 16.2 Å². The number of carbonyl (C=O) groups is 2. The van der Waals surface area contributed by atoms with Crippen molar-refractivity contribution < 1.29 is 19.4 Å². The van der Waals surface area contributed by atoms with Gasteiger partial charge in [0.05, 0.1) is 28.4 Å². The van der Waals surface area contributed by atoms with Crippen molar-refractivity contribution in [1.29, 1.82) is 0 Å². The number of aryl methyl sites for hydroxylation is 4. The summed E-state index contributed by atoms with van der Waals surface area (Å²) in [4.78, 5) is 33.4. The molecule has 5 rings (SSSR count). The van der Waals surface area contributed by atoms with Crippen molar-refractivity contribution in [3.63, 3.8) is 0 Å². The Morgan fingerprint density at radius 2 is 1.71 bits per heavy atom. The molecule has 1 saturated heterocycles. The number of nitrogens with zero attached hydrogens (tertiary/aromatic N) is 2. The van der Waals surface area contributed by atoms with E-state index in [0.29, 0.717) is 28.6 Å². The number of thiazole rings is 1. The molecule has 38 heavy (non-hydrogen) atoms. The molecule has 0 radical (unpaired) electrons. The van der Waals surface area contributed by atoms with Crippen molar-refractivity contribution in [3.8, 4) is 5.75 Å². The van der Waals surface area contributed by atoms with E-state index in [0.717, 1.165) is 38.9 Å². The smallest absolute Gasteiger partial charge is 0.301 e. The summed E-state index contributed by atoms with van der Waals surface area (Å²) in [6.07, 6.45) is 0.883. The van der Waals surface area contributed by atoms with Gasteiger partial charge >= 0.3 is 5.91 Å². The minimum atomic E-state index is -0.836. The number of ketones is 1. The second kappa shape index (κ2) is 10.1. The molecular formula is C31H30N2O4S. The molecular weight excluding hydrogens is 496 g/mol. The Balaban J connectivity index is 1.71. The zero-order chi connectivity index (χ0) is 27.1. The predicted octanol–water partition coefficient (Wildman–Crippen LogP) is 6.95. The summed E-state index contributed by atoms with van der Waals surface area (Å²) in [7, 11) is 0. The summed E-state index contributed by atoms with van der Waals surface area (Å²) < 4.78 is 6.68. The van der Waals surface area contributed by atoms with E-state index >= 15 is 0 Å². The highest BCUT2D eigenvalue weighted by Gasteiger charge is 2.48. The molecule has 4 aromatic rings. The van der Waals surface area contributed by atoms with Crippen molar-refractivity contribution in [2.24, 2.45) is 0 Å². The zero-order valence-corrected chi connectivity index (χ0v) is 23.0. The fraction of sp³-hybridized carbons (Fsp3) is 0.258. The van der Waals surface area contributed by atoms with E-state index < -0.39 is 17.7 Å². The van der Waals surface area contributed by atoms with Gasteiger partial charge in [-0.25, -0.2) is 4.98 Å². The van der Waals surface area contributed by atoms with Crippen LogP contribution >= 0.6 is 11.3 Å². The third-order valence-corrected chi connectivity index (χ3v) is 7.79. The lowest BCUT2D eigenvalue weighted by molar-refractivity contribution is -0.132. The zero-order valence-electron chi connectivity index (χ0n) is 22.2. The number of rotatable bonds is 6. The molecule has 6 nitrogen and oxygen atoms in total. The number of aromatic nitrogens is 1. The van der Waals surface area contributed by atoms with Gasteiger partial charge in [0.2, 0.25) is 0 Å². The Kier molecular flexibility index (Phi) is 6.80. The van der Waals surface area contributed by atoms with Gasteiger partial charge in [-0.2, -0.15) is 0 Å². The van der Waals surface area contributed by atoms with Crippen LogP contribution in [-0.4, -0.2) is 28.4 Å². The Bertz CT molecular complexity index is 1600. The number of Topliss-reactive ketones (excluding diaryl/α,β-unsaturated/α-hetero) is 1. The summed E-state index contributed by atoms with van der Waals surface area (Å²) in [5.74, 6) is -0.918. The largest absolute Gasteiger partial charge is 0.507 e. The van der Waals surface area contributed by atoms with Gasteiger partial charge in [-0.1, -0.05) is 54.2 Å². The first kappa shape index (κ1) is 25.7. The summed E-state index contributed by atoms with van der Waals surface area (Å²) in [6.45, 7) is 10.4. The summed E-state index contributed by atoms with van der Waals surface area (Å²) in [5.41, 5.74) is 5.93. The predicted molar refractivity (Wildman–Crippen MR) is 152 cm³/mol. The van der Waals surface area contributed by atoms with Crippen LogP contribution in [0, 0.1) is 27.7 Å². The number of carbonyl (C=O) groups excluding carboxylic acids is 2. The number of amides is 1. The number of hydrogen-bond donors (Lipinski definition) is 1. The molecule has 1 aliphatic heterocycles. The van der Waals surface area contributed by atoms with Crippen LogP contribution < -0.4 is 9.64 Å². The molecule has 1 atom stereocenters. The Labute approximate surface area is 226 Å². The number of benzene rings is 3. The highest BCUT2D eigenvalue weighted by molar-refractivity contribution is 7.22. The molecule has 0 spiro atoms. The quantitative estimate of drug-likeness (QED) is 0.167. The van der Waals surface area contributed by atoms with Crippen molar-refractivity contribution in [2.75, 3.05) is 11.5 Å². The van der Waals surface area contributed by atoms with E-state index in [1.54, 1.807) is 0 Å². The maximum absolute atomic E-state index is 13.6. The van der Waals surface area contributed by atoms with Gasteiger partial charge in [-0.3, -0.25) is 14.5 Å². The van der Waals surface area contributed by atoms with Gasteiger partial charge in [0.1, 0.15) is 11.5 Å². The van der Waals surface area contributed by atoms with Gasteiger partial charge in [0, 0.05) is 5.56 Å². The monoisotopic (exact) mass is 526 g/mol. The topological polar surface area (TPSA) is 79.7 Å². The lowest BCUT2D eigenvalue weighted by Gasteiger charge is -2.23. The van der Waals surface area contributed by atoms with Crippen LogP contribution in [0.3, 0.4) is 0 Å². The van der Waals surface area contributed by atoms with Gasteiger partial charge in [-0.15, -0.1) is 0 Å². The summed E-state index contributed by atoms with van der Waals surface area (Å²) in [5, 5.41) is 12.0. The lowest BCUT2D eigenvalue weighted by atomic mass is 9.93. The first-order valence-corrected chi connectivity index (χ1v) is 13.5. The highest BCUT2D eigenvalue weighted by atomic mass is 32.1. The fourth-order valence-electron chi connectivity index (χ4n) is 4.91. The number of aliphatic hydroxyl groups is 1. The minimum Gasteiger partial charge on any atom is -0.507 e. The maximum atomic E-state index is 13.6. The summed E-state index contributed by atoms with van der Waals surface area (Å²) in [6, 6.07) is 16.3. The Hall–Kier alpha value is -3.97. The molecule has 1 amide bonds. The first-order chi connectivity index (χ1) is 18.2. The fourth-order valence-corrected chi connectivity index (χ4v) is 6.08. The molecule has 0 aliphatic carbocycles. The highest BCUT2D eigenvalue weighted by Crippen LogP contribution is 2.45. The Morgan fingerprint density at radius 1 is 0.974 bits per heavy atom. The van der Waals surface area contributed by atoms with Crippen molar-refractivity contribution >= 4 is 44.1 Å². The van der Waals surface area contributed by atoms with E-state index in [4.69, 9.17) is 9.72 Å². The Morgan fingerprint density at radius 3 is 2.42 bits per heavy atom. The molecule has 1 fully saturated rings. The summed E-state index contributed by atoms with van der Waals surface area (Å²) >= 11 is 1.37. The van der Waals surface area contributed by atoms with Crippen molar-refractivity contribution in [3.05, 3.63) is 93.6 Å². The molecule has 0 saturated carbocycles. The molecule has 1 N–H and O–H groups in total. The third-order valence-electron chi connectivity index (χ3n) is 6.79. The average Bonchev–Trinajstić information content (AvgIpc) is 3.42. The second-order valence-electron chi connectivity index (χ2n) is 9.83. The molecule has 1 aromatic heterocycles. The SMILES string of the molecule is CCCOc1ccc(C2/C(=C(\O)c3cc(C)ccc3C)C(=O)C(=O)N2c2nc3c(C)cc(C)cc3s2)cc1. The standard InChI is InChI=1S/C31H30N2O4S/c1-6-13-37-22-11-9-21(10-12-22)27-25(28(34)23-15-17(2)7-8-19(23)4)29(35)30(36)33(27)31-32-26-20(5)14-18(3)16-24(26)38-31/h7-12,14-16,27,34H,6,13H2,1-5H3/b28-25+. The molecule has 2 heterocycles. The second-order valence-corrected chi connectivity index (χ2v) is 10.8. The van der Waals surface area contributed by atoms with Crippen LogP contribution in [0.5, 0.6) is 5.75 Å². The van der Waals surface area contributed by atoms with Crippen LogP contribution in [-0.2, 0) is 9.59 Å². The molecule has 7 heteroatoms. The van der Waals surface area contributed by atoms with E-state index in [1.807, 2.05) is 89.2 Å².